The van der Waals surface area contributed by atoms with Crippen LogP contribution in [0.25, 0.3) is 0 Å². The highest BCUT2D eigenvalue weighted by molar-refractivity contribution is 7.89. The fraction of sp³-hybridized carbons (Fsp3) is 0.316. The third-order valence-electron chi connectivity index (χ3n) is 4.58. The van der Waals surface area contributed by atoms with Gasteiger partial charge in [0.25, 0.3) is 0 Å². The van der Waals surface area contributed by atoms with Crippen molar-refractivity contribution >= 4 is 27.5 Å². The molecule has 3 rings (SSSR count). The van der Waals surface area contributed by atoms with E-state index >= 15 is 0 Å². The van der Waals surface area contributed by atoms with Gasteiger partial charge in [0, 0.05) is 11.6 Å². The lowest BCUT2D eigenvalue weighted by Gasteiger charge is -2.25. The first-order valence-electron chi connectivity index (χ1n) is 8.52. The van der Waals surface area contributed by atoms with Gasteiger partial charge in [-0.05, 0) is 49.6 Å². The molecule has 0 aromatic heterocycles. The van der Waals surface area contributed by atoms with Gasteiger partial charge in [0.1, 0.15) is 6.04 Å². The van der Waals surface area contributed by atoms with Crippen molar-refractivity contribution in [1.29, 1.82) is 0 Å². The van der Waals surface area contributed by atoms with E-state index in [-0.39, 0.29) is 16.8 Å². The maximum Gasteiger partial charge on any atom is 0.243 e. The van der Waals surface area contributed by atoms with E-state index in [0.717, 1.165) is 5.56 Å². The Morgan fingerprint density at radius 3 is 2.46 bits per heavy atom. The summed E-state index contributed by atoms with van der Waals surface area (Å²) in [5, 5.41) is 3.40. The Balaban J connectivity index is 1.77. The van der Waals surface area contributed by atoms with Crippen LogP contribution in [0.3, 0.4) is 0 Å². The Bertz CT molecular complexity index is 869. The molecule has 26 heavy (non-hydrogen) atoms. The summed E-state index contributed by atoms with van der Waals surface area (Å²) >= 11 is 5.84. The molecule has 0 bridgehead atoms. The van der Waals surface area contributed by atoms with Gasteiger partial charge in [0.05, 0.1) is 10.9 Å². The average Bonchev–Trinajstić information content (AvgIpc) is 3.13. The van der Waals surface area contributed by atoms with Crippen LogP contribution in [-0.2, 0) is 14.8 Å². The number of halogens is 1. The van der Waals surface area contributed by atoms with Gasteiger partial charge in [-0.2, -0.15) is 4.31 Å². The van der Waals surface area contributed by atoms with Gasteiger partial charge >= 0.3 is 0 Å². The lowest BCUT2D eigenvalue weighted by Crippen LogP contribution is -2.46. The van der Waals surface area contributed by atoms with Crippen LogP contribution in [0.4, 0.5) is 0 Å². The fourth-order valence-electron chi connectivity index (χ4n) is 3.17. The molecular weight excluding hydrogens is 372 g/mol. The standard InChI is InChI=1S/C19H21ClN2O3S/c1-14(15-6-3-2-4-7-15)21-19(23)18-8-5-13-22(18)26(24,25)17-11-9-16(20)10-12-17/h2-4,6-7,9-12,14,18H,5,8,13H2,1H3,(H,21,23)/t14-,18-/m1/s1. The zero-order chi connectivity index (χ0) is 18.7. The number of sulfonamides is 1. The zero-order valence-electron chi connectivity index (χ0n) is 14.4. The first-order valence-corrected chi connectivity index (χ1v) is 10.3. The molecule has 1 N–H and O–H groups in total. The van der Waals surface area contributed by atoms with E-state index in [0.29, 0.717) is 24.4 Å². The minimum Gasteiger partial charge on any atom is -0.348 e. The molecular formula is C19H21ClN2O3S. The SMILES string of the molecule is C[C@@H](NC(=O)[C@H]1CCCN1S(=O)(=O)c1ccc(Cl)cc1)c1ccccc1. The number of benzene rings is 2. The number of nitrogens with zero attached hydrogens (tertiary/aromatic N) is 1. The largest absolute Gasteiger partial charge is 0.348 e. The fourth-order valence-corrected chi connectivity index (χ4v) is 4.95. The van der Waals surface area contributed by atoms with Crippen LogP contribution >= 0.6 is 11.6 Å². The summed E-state index contributed by atoms with van der Waals surface area (Å²) in [5.74, 6) is -0.267. The van der Waals surface area contributed by atoms with Gasteiger partial charge in [-0.1, -0.05) is 41.9 Å². The first-order chi connectivity index (χ1) is 12.4. The number of hydrogen-bond acceptors (Lipinski definition) is 3. The van der Waals surface area contributed by atoms with Crippen molar-refractivity contribution < 1.29 is 13.2 Å². The summed E-state index contributed by atoms with van der Waals surface area (Å²) < 4.78 is 27.1. The Kier molecular flexibility index (Phi) is 5.65. The summed E-state index contributed by atoms with van der Waals surface area (Å²) in [7, 11) is -3.74. The summed E-state index contributed by atoms with van der Waals surface area (Å²) in [6.45, 7) is 2.23. The van der Waals surface area contributed by atoms with Crippen LogP contribution in [0.15, 0.2) is 59.5 Å². The Morgan fingerprint density at radius 2 is 1.81 bits per heavy atom. The molecule has 1 aliphatic heterocycles. The van der Waals surface area contributed by atoms with Gasteiger partial charge in [0.2, 0.25) is 15.9 Å². The molecule has 2 atom stereocenters. The number of rotatable bonds is 5. The van der Waals surface area contributed by atoms with E-state index in [2.05, 4.69) is 5.32 Å². The molecule has 1 amide bonds. The van der Waals surface area contributed by atoms with Crippen LogP contribution in [0.1, 0.15) is 31.4 Å². The molecule has 1 fully saturated rings. The Hall–Kier alpha value is -1.89. The lowest BCUT2D eigenvalue weighted by molar-refractivity contribution is -0.124. The highest BCUT2D eigenvalue weighted by atomic mass is 35.5. The van der Waals surface area contributed by atoms with E-state index in [1.54, 1.807) is 0 Å². The second-order valence-electron chi connectivity index (χ2n) is 6.37. The quantitative estimate of drug-likeness (QED) is 0.848. The van der Waals surface area contributed by atoms with Crippen molar-refractivity contribution in [1.82, 2.24) is 9.62 Å². The molecule has 138 valence electrons. The van der Waals surface area contributed by atoms with E-state index in [1.165, 1.54) is 28.6 Å². The predicted molar refractivity (Wildman–Crippen MR) is 101 cm³/mol. The number of carbonyl (C=O) groups excluding carboxylic acids is 1. The third kappa shape index (κ3) is 3.92. The minimum atomic E-state index is -3.74. The average molecular weight is 393 g/mol. The highest BCUT2D eigenvalue weighted by Crippen LogP contribution is 2.27. The van der Waals surface area contributed by atoms with Crippen LogP contribution in [0.2, 0.25) is 5.02 Å². The maximum atomic E-state index is 12.9. The summed E-state index contributed by atoms with van der Waals surface area (Å²) in [6, 6.07) is 14.7. The van der Waals surface area contributed by atoms with Crippen LogP contribution in [0, 0.1) is 0 Å². The van der Waals surface area contributed by atoms with Gasteiger partial charge in [-0.15, -0.1) is 0 Å². The van der Waals surface area contributed by atoms with Crippen molar-refractivity contribution in [2.75, 3.05) is 6.54 Å². The minimum absolute atomic E-state index is 0.151. The number of amides is 1. The second-order valence-corrected chi connectivity index (χ2v) is 8.70. The molecule has 2 aromatic rings. The number of carbonyl (C=O) groups is 1. The molecule has 7 heteroatoms. The zero-order valence-corrected chi connectivity index (χ0v) is 16.0. The van der Waals surface area contributed by atoms with Gasteiger partial charge in [-0.3, -0.25) is 4.79 Å². The third-order valence-corrected chi connectivity index (χ3v) is 6.76. The molecule has 0 radical (unpaired) electrons. The predicted octanol–water partition coefficient (Wildman–Crippen LogP) is 3.37. The van der Waals surface area contributed by atoms with Crippen molar-refractivity contribution in [3.8, 4) is 0 Å². The monoisotopic (exact) mass is 392 g/mol. The van der Waals surface area contributed by atoms with E-state index < -0.39 is 16.1 Å². The molecule has 1 saturated heterocycles. The second kappa shape index (κ2) is 7.78. The maximum absolute atomic E-state index is 12.9. The van der Waals surface area contributed by atoms with Crippen LogP contribution < -0.4 is 5.32 Å². The van der Waals surface area contributed by atoms with Crippen molar-refractivity contribution in [3.05, 3.63) is 65.2 Å². The molecule has 5 nitrogen and oxygen atoms in total. The summed E-state index contributed by atoms with van der Waals surface area (Å²) in [6.07, 6.45) is 1.17. The smallest absolute Gasteiger partial charge is 0.243 e. The Morgan fingerprint density at radius 1 is 1.15 bits per heavy atom. The molecule has 0 unspecified atom stereocenters. The molecule has 0 spiro atoms. The summed E-state index contributed by atoms with van der Waals surface area (Å²) in [4.78, 5) is 12.9. The van der Waals surface area contributed by atoms with Gasteiger partial charge < -0.3 is 5.32 Å². The van der Waals surface area contributed by atoms with Crippen molar-refractivity contribution in [3.63, 3.8) is 0 Å². The molecule has 2 aromatic carbocycles. The highest BCUT2D eigenvalue weighted by Gasteiger charge is 2.39. The van der Waals surface area contributed by atoms with E-state index in [4.69, 9.17) is 11.6 Å². The van der Waals surface area contributed by atoms with Crippen molar-refractivity contribution in [2.45, 2.75) is 36.7 Å². The normalized spacial score (nSPS) is 19.2. The molecule has 0 saturated carbocycles. The van der Waals surface area contributed by atoms with Gasteiger partial charge in [-0.25, -0.2) is 8.42 Å². The molecule has 0 aliphatic carbocycles. The van der Waals surface area contributed by atoms with E-state index in [9.17, 15) is 13.2 Å². The molecule has 1 heterocycles. The first kappa shape index (κ1) is 18.9. The van der Waals surface area contributed by atoms with Crippen LogP contribution in [0.5, 0.6) is 0 Å². The molecule has 1 aliphatic rings. The van der Waals surface area contributed by atoms with Crippen molar-refractivity contribution in [2.24, 2.45) is 0 Å². The topological polar surface area (TPSA) is 66.5 Å². The number of hydrogen-bond donors (Lipinski definition) is 1. The lowest BCUT2D eigenvalue weighted by atomic mass is 10.1. The Labute approximate surface area is 159 Å². The van der Waals surface area contributed by atoms with Gasteiger partial charge in [0.15, 0.2) is 0 Å². The number of nitrogens with one attached hydrogen (secondary N) is 1. The summed E-state index contributed by atoms with van der Waals surface area (Å²) in [5.41, 5.74) is 0.978. The van der Waals surface area contributed by atoms with E-state index in [1.807, 2.05) is 37.3 Å². The van der Waals surface area contributed by atoms with Crippen LogP contribution in [-0.4, -0.2) is 31.2 Å².